The van der Waals surface area contributed by atoms with Crippen molar-refractivity contribution < 1.29 is 4.74 Å². The SMILES string of the molecule is CCC(C)(C)C1CCC(N)C(N(CCOC)C2CC2)C1. The second-order valence-corrected chi connectivity index (χ2v) is 7.55. The van der Waals surface area contributed by atoms with Gasteiger partial charge in [0.1, 0.15) is 0 Å². The highest BCUT2D eigenvalue weighted by Gasteiger charge is 2.42. The molecule has 3 unspecified atom stereocenters. The van der Waals surface area contributed by atoms with Crippen LogP contribution in [-0.4, -0.2) is 43.3 Å². The highest BCUT2D eigenvalue weighted by atomic mass is 16.5. The fourth-order valence-corrected chi connectivity index (χ4v) is 3.77. The zero-order valence-electron chi connectivity index (χ0n) is 13.9. The molecule has 0 aliphatic heterocycles. The van der Waals surface area contributed by atoms with E-state index >= 15 is 0 Å². The van der Waals surface area contributed by atoms with Crippen LogP contribution in [0.4, 0.5) is 0 Å². The van der Waals surface area contributed by atoms with E-state index in [-0.39, 0.29) is 0 Å². The fraction of sp³-hybridized carbons (Fsp3) is 1.00. The van der Waals surface area contributed by atoms with Crippen molar-refractivity contribution in [2.45, 2.75) is 77.4 Å². The van der Waals surface area contributed by atoms with Crippen LogP contribution >= 0.6 is 0 Å². The van der Waals surface area contributed by atoms with Crippen molar-refractivity contribution in [3.8, 4) is 0 Å². The van der Waals surface area contributed by atoms with Crippen molar-refractivity contribution in [1.82, 2.24) is 4.90 Å². The lowest BCUT2D eigenvalue weighted by Gasteiger charge is -2.46. The molecule has 0 saturated heterocycles. The van der Waals surface area contributed by atoms with E-state index < -0.39 is 0 Å². The van der Waals surface area contributed by atoms with Crippen LogP contribution in [0, 0.1) is 11.3 Å². The highest BCUT2D eigenvalue weighted by molar-refractivity contribution is 4.98. The Bertz CT molecular complexity index is 301. The van der Waals surface area contributed by atoms with Gasteiger partial charge in [-0.3, -0.25) is 4.90 Å². The third-order valence-corrected chi connectivity index (χ3v) is 5.88. The minimum Gasteiger partial charge on any atom is -0.383 e. The molecule has 3 heteroatoms. The molecule has 0 spiro atoms. The second kappa shape index (κ2) is 6.76. The van der Waals surface area contributed by atoms with E-state index in [1.54, 1.807) is 7.11 Å². The first-order valence-corrected chi connectivity index (χ1v) is 8.50. The van der Waals surface area contributed by atoms with E-state index in [0.29, 0.717) is 17.5 Å². The predicted octanol–water partition coefficient (Wildman–Crippen LogP) is 3.03. The molecule has 0 radical (unpaired) electrons. The fourth-order valence-electron chi connectivity index (χ4n) is 3.77. The summed E-state index contributed by atoms with van der Waals surface area (Å²) in [6.07, 6.45) is 7.75. The topological polar surface area (TPSA) is 38.5 Å². The molecular formula is C17H34N2O. The third-order valence-electron chi connectivity index (χ3n) is 5.88. The number of nitrogens with zero attached hydrogens (tertiary/aromatic N) is 1. The average molecular weight is 282 g/mol. The summed E-state index contributed by atoms with van der Waals surface area (Å²) in [4.78, 5) is 2.67. The molecule has 2 N–H and O–H groups in total. The van der Waals surface area contributed by atoms with Crippen LogP contribution in [0.2, 0.25) is 0 Å². The first kappa shape index (κ1) is 16.3. The second-order valence-electron chi connectivity index (χ2n) is 7.55. The minimum atomic E-state index is 0.358. The molecule has 2 rings (SSSR count). The van der Waals surface area contributed by atoms with Crippen molar-refractivity contribution in [2.24, 2.45) is 17.1 Å². The summed E-state index contributed by atoms with van der Waals surface area (Å²) in [5.41, 5.74) is 6.93. The van der Waals surface area contributed by atoms with Gasteiger partial charge in [-0.1, -0.05) is 27.2 Å². The summed E-state index contributed by atoms with van der Waals surface area (Å²) in [6, 6.07) is 1.71. The van der Waals surface area contributed by atoms with Crippen LogP contribution in [-0.2, 0) is 4.74 Å². The summed E-state index contributed by atoms with van der Waals surface area (Å²) in [7, 11) is 1.80. The molecule has 3 atom stereocenters. The molecule has 0 bridgehead atoms. The Kier molecular flexibility index (Phi) is 5.49. The number of rotatable bonds is 7. The molecule has 0 aromatic heterocycles. The largest absolute Gasteiger partial charge is 0.383 e. The lowest BCUT2D eigenvalue weighted by molar-refractivity contribution is 0.0401. The van der Waals surface area contributed by atoms with Gasteiger partial charge >= 0.3 is 0 Å². The maximum atomic E-state index is 6.48. The molecule has 2 fully saturated rings. The Morgan fingerprint density at radius 1 is 1.20 bits per heavy atom. The first-order valence-electron chi connectivity index (χ1n) is 8.50. The minimum absolute atomic E-state index is 0.358. The molecule has 20 heavy (non-hydrogen) atoms. The first-order chi connectivity index (χ1) is 9.49. The lowest BCUT2D eigenvalue weighted by atomic mass is 9.67. The lowest BCUT2D eigenvalue weighted by Crippen LogP contribution is -2.54. The Hall–Kier alpha value is -0.120. The van der Waals surface area contributed by atoms with Crippen LogP contribution in [0.1, 0.15) is 59.3 Å². The zero-order valence-corrected chi connectivity index (χ0v) is 13.9. The Morgan fingerprint density at radius 2 is 1.90 bits per heavy atom. The normalized spacial score (nSPS) is 31.8. The monoisotopic (exact) mass is 282 g/mol. The van der Waals surface area contributed by atoms with Gasteiger partial charge in [-0.2, -0.15) is 0 Å². The summed E-state index contributed by atoms with van der Waals surface area (Å²) in [5.74, 6) is 0.820. The molecule has 3 nitrogen and oxygen atoms in total. The number of nitrogens with two attached hydrogens (primary N) is 1. The molecule has 2 aliphatic rings. The van der Waals surface area contributed by atoms with E-state index in [2.05, 4.69) is 25.7 Å². The van der Waals surface area contributed by atoms with E-state index in [1.807, 2.05) is 0 Å². The van der Waals surface area contributed by atoms with Crippen LogP contribution in [0.3, 0.4) is 0 Å². The maximum absolute atomic E-state index is 6.48. The van der Waals surface area contributed by atoms with Crippen LogP contribution < -0.4 is 5.73 Å². The van der Waals surface area contributed by atoms with Gasteiger partial charge in [0.15, 0.2) is 0 Å². The number of methoxy groups -OCH3 is 1. The maximum Gasteiger partial charge on any atom is 0.0589 e. The molecule has 2 saturated carbocycles. The van der Waals surface area contributed by atoms with Crippen molar-refractivity contribution in [3.05, 3.63) is 0 Å². The average Bonchev–Trinajstić information content (AvgIpc) is 3.25. The molecular weight excluding hydrogens is 248 g/mol. The Labute approximate surface area is 125 Å². The van der Waals surface area contributed by atoms with Gasteiger partial charge in [-0.15, -0.1) is 0 Å². The van der Waals surface area contributed by atoms with Gasteiger partial charge in [0.25, 0.3) is 0 Å². The van der Waals surface area contributed by atoms with Gasteiger partial charge in [0.2, 0.25) is 0 Å². The number of ether oxygens (including phenoxy) is 1. The van der Waals surface area contributed by atoms with E-state index in [4.69, 9.17) is 10.5 Å². The van der Waals surface area contributed by atoms with Gasteiger partial charge in [0.05, 0.1) is 6.61 Å². The Balaban J connectivity index is 2.02. The third kappa shape index (κ3) is 3.75. The van der Waals surface area contributed by atoms with Gasteiger partial charge in [0, 0.05) is 31.8 Å². The molecule has 0 amide bonds. The van der Waals surface area contributed by atoms with Crippen molar-refractivity contribution in [1.29, 1.82) is 0 Å². The van der Waals surface area contributed by atoms with Crippen molar-refractivity contribution in [3.63, 3.8) is 0 Å². The van der Waals surface area contributed by atoms with Crippen LogP contribution in [0.5, 0.6) is 0 Å². The van der Waals surface area contributed by atoms with E-state index in [1.165, 1.54) is 38.5 Å². The smallest absolute Gasteiger partial charge is 0.0589 e. The Morgan fingerprint density at radius 3 is 2.45 bits per heavy atom. The van der Waals surface area contributed by atoms with Crippen molar-refractivity contribution >= 4 is 0 Å². The molecule has 0 aromatic rings. The summed E-state index contributed by atoms with van der Waals surface area (Å²) in [6.45, 7) is 9.08. The van der Waals surface area contributed by atoms with E-state index in [0.717, 1.165) is 25.1 Å². The number of hydrogen-bond acceptors (Lipinski definition) is 3. The summed E-state index contributed by atoms with van der Waals surface area (Å²) in [5, 5.41) is 0. The number of hydrogen-bond donors (Lipinski definition) is 1. The molecule has 0 heterocycles. The van der Waals surface area contributed by atoms with Gasteiger partial charge in [-0.05, 0) is 43.4 Å². The molecule has 0 aromatic carbocycles. The molecule has 118 valence electrons. The van der Waals surface area contributed by atoms with Gasteiger partial charge < -0.3 is 10.5 Å². The quantitative estimate of drug-likeness (QED) is 0.780. The summed E-state index contributed by atoms with van der Waals surface area (Å²) < 4.78 is 5.31. The highest BCUT2D eigenvalue weighted by Crippen LogP contribution is 2.43. The van der Waals surface area contributed by atoms with E-state index in [9.17, 15) is 0 Å². The zero-order chi connectivity index (χ0) is 14.8. The van der Waals surface area contributed by atoms with Crippen LogP contribution in [0.15, 0.2) is 0 Å². The molecule has 2 aliphatic carbocycles. The predicted molar refractivity (Wildman–Crippen MR) is 84.8 cm³/mol. The summed E-state index contributed by atoms with van der Waals surface area (Å²) >= 11 is 0. The standard InChI is InChI=1S/C17H34N2O/c1-5-17(2,3)13-6-9-15(18)16(12-13)19(10-11-20-4)14-7-8-14/h13-16H,5-12,18H2,1-4H3. The van der Waals surface area contributed by atoms with Crippen LogP contribution in [0.25, 0.3) is 0 Å². The van der Waals surface area contributed by atoms with Gasteiger partial charge in [-0.25, -0.2) is 0 Å². The van der Waals surface area contributed by atoms with Crippen molar-refractivity contribution in [2.75, 3.05) is 20.3 Å².